The fourth-order valence-corrected chi connectivity index (χ4v) is 0.857. The van der Waals surface area contributed by atoms with Gasteiger partial charge in [0, 0.05) is 12.6 Å². The standard InChI is InChI=1S/C8H17N3O/c1-2-12-6-5-10-8(9)11-7-3-4-7/h7H,2-6H2,1H3,(H3,9,10,11). The van der Waals surface area contributed by atoms with Crippen LogP contribution < -0.4 is 11.1 Å². The second-order valence-electron chi connectivity index (χ2n) is 2.88. The van der Waals surface area contributed by atoms with E-state index >= 15 is 0 Å². The van der Waals surface area contributed by atoms with Crippen LogP contribution in [0.5, 0.6) is 0 Å². The first kappa shape index (κ1) is 9.32. The van der Waals surface area contributed by atoms with Gasteiger partial charge >= 0.3 is 0 Å². The molecule has 0 saturated heterocycles. The lowest BCUT2D eigenvalue weighted by atomic mass is 10.6. The minimum atomic E-state index is 0.553. The molecule has 1 aliphatic carbocycles. The summed E-state index contributed by atoms with van der Waals surface area (Å²) in [7, 11) is 0. The molecule has 0 amide bonds. The van der Waals surface area contributed by atoms with Crippen LogP contribution in [0.1, 0.15) is 19.8 Å². The lowest BCUT2D eigenvalue weighted by molar-refractivity contribution is 0.155. The van der Waals surface area contributed by atoms with Crippen LogP contribution in [0.4, 0.5) is 0 Å². The van der Waals surface area contributed by atoms with E-state index in [1.165, 1.54) is 12.8 Å². The Morgan fingerprint density at radius 1 is 1.67 bits per heavy atom. The van der Waals surface area contributed by atoms with Crippen molar-refractivity contribution in [3.05, 3.63) is 0 Å². The first-order valence-corrected chi connectivity index (χ1v) is 4.47. The Morgan fingerprint density at radius 3 is 3.00 bits per heavy atom. The number of nitrogens with zero attached hydrogens (tertiary/aromatic N) is 1. The molecular weight excluding hydrogens is 154 g/mol. The molecule has 0 radical (unpaired) electrons. The van der Waals surface area contributed by atoms with Crippen LogP contribution in [0.2, 0.25) is 0 Å². The molecule has 4 heteroatoms. The number of guanidine groups is 1. The molecule has 0 unspecified atom stereocenters. The molecule has 0 aromatic rings. The van der Waals surface area contributed by atoms with Gasteiger partial charge in [-0.05, 0) is 19.8 Å². The Labute approximate surface area is 73.2 Å². The first-order chi connectivity index (χ1) is 5.83. The molecule has 0 aliphatic heterocycles. The summed E-state index contributed by atoms with van der Waals surface area (Å²) in [5.41, 5.74) is 5.58. The van der Waals surface area contributed by atoms with Gasteiger partial charge in [0.25, 0.3) is 0 Å². The van der Waals surface area contributed by atoms with Crippen molar-refractivity contribution in [1.29, 1.82) is 0 Å². The molecule has 1 rings (SSSR count). The molecule has 1 aliphatic rings. The van der Waals surface area contributed by atoms with Gasteiger partial charge in [-0.1, -0.05) is 0 Å². The summed E-state index contributed by atoms with van der Waals surface area (Å²) in [5, 5.41) is 3.10. The van der Waals surface area contributed by atoms with Gasteiger partial charge in [0.05, 0.1) is 13.2 Å². The van der Waals surface area contributed by atoms with E-state index in [0.29, 0.717) is 25.2 Å². The third kappa shape index (κ3) is 4.18. The predicted molar refractivity (Wildman–Crippen MR) is 49.1 cm³/mol. The van der Waals surface area contributed by atoms with Crippen molar-refractivity contribution in [2.24, 2.45) is 10.7 Å². The number of nitrogens with one attached hydrogen (secondary N) is 1. The van der Waals surface area contributed by atoms with Gasteiger partial charge in [0.15, 0.2) is 5.96 Å². The van der Waals surface area contributed by atoms with E-state index in [2.05, 4.69) is 10.3 Å². The Hall–Kier alpha value is -0.770. The SMILES string of the molecule is CCOCCN=C(N)NC1CC1. The van der Waals surface area contributed by atoms with Crippen LogP contribution in [0.25, 0.3) is 0 Å². The van der Waals surface area contributed by atoms with E-state index in [4.69, 9.17) is 10.5 Å². The van der Waals surface area contributed by atoms with E-state index < -0.39 is 0 Å². The summed E-state index contributed by atoms with van der Waals surface area (Å²) in [4.78, 5) is 4.10. The van der Waals surface area contributed by atoms with Crippen molar-refractivity contribution in [2.45, 2.75) is 25.8 Å². The highest BCUT2D eigenvalue weighted by molar-refractivity contribution is 5.78. The highest BCUT2D eigenvalue weighted by atomic mass is 16.5. The molecule has 12 heavy (non-hydrogen) atoms. The summed E-state index contributed by atoms with van der Waals surface area (Å²) >= 11 is 0. The summed E-state index contributed by atoms with van der Waals surface area (Å²) < 4.78 is 5.11. The van der Waals surface area contributed by atoms with Crippen LogP contribution in [0.3, 0.4) is 0 Å². The molecule has 0 spiro atoms. The van der Waals surface area contributed by atoms with Gasteiger partial charge in [0.1, 0.15) is 0 Å². The van der Waals surface area contributed by atoms with Crippen molar-refractivity contribution in [3.63, 3.8) is 0 Å². The molecule has 0 bridgehead atoms. The Kier molecular flexibility index (Phi) is 3.87. The van der Waals surface area contributed by atoms with Crippen LogP contribution in [-0.2, 0) is 4.74 Å². The second-order valence-corrected chi connectivity index (χ2v) is 2.88. The summed E-state index contributed by atoms with van der Waals surface area (Å²) in [6.07, 6.45) is 2.45. The van der Waals surface area contributed by atoms with E-state index in [-0.39, 0.29) is 0 Å². The van der Waals surface area contributed by atoms with E-state index in [9.17, 15) is 0 Å². The van der Waals surface area contributed by atoms with Crippen molar-refractivity contribution in [2.75, 3.05) is 19.8 Å². The smallest absolute Gasteiger partial charge is 0.188 e. The Balaban J connectivity index is 1.99. The number of nitrogens with two attached hydrogens (primary N) is 1. The molecule has 3 N–H and O–H groups in total. The number of hydrogen-bond donors (Lipinski definition) is 2. The maximum Gasteiger partial charge on any atom is 0.188 e. The maximum atomic E-state index is 5.58. The largest absolute Gasteiger partial charge is 0.380 e. The van der Waals surface area contributed by atoms with Gasteiger partial charge in [-0.25, -0.2) is 0 Å². The number of aliphatic imine (C=N–C) groups is 1. The monoisotopic (exact) mass is 171 g/mol. The maximum absolute atomic E-state index is 5.58. The van der Waals surface area contributed by atoms with Gasteiger partial charge in [-0.15, -0.1) is 0 Å². The molecule has 0 atom stereocenters. The van der Waals surface area contributed by atoms with Gasteiger partial charge in [-0.3, -0.25) is 4.99 Å². The number of rotatable bonds is 5. The van der Waals surface area contributed by atoms with Gasteiger partial charge in [-0.2, -0.15) is 0 Å². The average Bonchev–Trinajstić information content (AvgIpc) is 2.82. The van der Waals surface area contributed by atoms with Crippen molar-refractivity contribution >= 4 is 5.96 Å². The first-order valence-electron chi connectivity index (χ1n) is 4.47. The minimum absolute atomic E-state index is 0.553. The summed E-state index contributed by atoms with van der Waals surface area (Å²) in [5.74, 6) is 0.553. The van der Waals surface area contributed by atoms with Crippen LogP contribution in [-0.4, -0.2) is 31.8 Å². The molecule has 4 nitrogen and oxygen atoms in total. The zero-order chi connectivity index (χ0) is 8.81. The number of hydrogen-bond acceptors (Lipinski definition) is 2. The molecule has 0 heterocycles. The van der Waals surface area contributed by atoms with Crippen LogP contribution >= 0.6 is 0 Å². The van der Waals surface area contributed by atoms with Gasteiger partial charge < -0.3 is 15.8 Å². The molecule has 1 saturated carbocycles. The van der Waals surface area contributed by atoms with Crippen molar-refractivity contribution < 1.29 is 4.74 Å². The van der Waals surface area contributed by atoms with E-state index in [1.54, 1.807) is 0 Å². The third-order valence-corrected chi connectivity index (χ3v) is 1.65. The fraction of sp³-hybridized carbons (Fsp3) is 0.875. The molecule has 0 aromatic heterocycles. The normalized spacial score (nSPS) is 17.9. The van der Waals surface area contributed by atoms with Crippen molar-refractivity contribution in [3.8, 4) is 0 Å². The quantitative estimate of drug-likeness (QED) is 0.350. The third-order valence-electron chi connectivity index (χ3n) is 1.65. The lowest BCUT2D eigenvalue weighted by Crippen LogP contribution is -2.33. The van der Waals surface area contributed by atoms with Crippen LogP contribution in [0, 0.1) is 0 Å². The van der Waals surface area contributed by atoms with Gasteiger partial charge in [0.2, 0.25) is 0 Å². The second kappa shape index (κ2) is 4.98. The minimum Gasteiger partial charge on any atom is -0.380 e. The molecular formula is C8H17N3O. The highest BCUT2D eigenvalue weighted by Gasteiger charge is 2.21. The molecule has 0 aromatic carbocycles. The highest BCUT2D eigenvalue weighted by Crippen LogP contribution is 2.17. The summed E-state index contributed by atoms with van der Waals surface area (Å²) in [6, 6.07) is 0.584. The summed E-state index contributed by atoms with van der Waals surface area (Å²) in [6.45, 7) is 4.02. The van der Waals surface area contributed by atoms with E-state index in [1.807, 2.05) is 6.92 Å². The average molecular weight is 171 g/mol. The Bertz CT molecular complexity index is 154. The van der Waals surface area contributed by atoms with Crippen molar-refractivity contribution in [1.82, 2.24) is 5.32 Å². The molecule has 70 valence electrons. The topological polar surface area (TPSA) is 59.6 Å². The zero-order valence-electron chi connectivity index (χ0n) is 7.55. The lowest BCUT2D eigenvalue weighted by Gasteiger charge is -2.02. The van der Waals surface area contributed by atoms with E-state index in [0.717, 1.165) is 6.61 Å². The Morgan fingerprint density at radius 2 is 2.42 bits per heavy atom. The zero-order valence-corrected chi connectivity index (χ0v) is 7.55. The van der Waals surface area contributed by atoms with Crippen LogP contribution in [0.15, 0.2) is 4.99 Å². The fourth-order valence-electron chi connectivity index (χ4n) is 0.857. The molecule has 1 fully saturated rings. The predicted octanol–water partition coefficient (Wildman–Crippen LogP) is 0.0896. The number of ether oxygens (including phenoxy) is 1.